The Kier molecular flexibility index (Phi) is 4.40. The van der Waals surface area contributed by atoms with Gasteiger partial charge in [0.2, 0.25) is 0 Å². The lowest BCUT2D eigenvalue weighted by Crippen LogP contribution is -2.44. The van der Waals surface area contributed by atoms with Crippen LogP contribution in [0.4, 0.5) is 0 Å². The zero-order valence-electron chi connectivity index (χ0n) is 10.1. The topological polar surface area (TPSA) is 29.3 Å². The molecule has 0 aliphatic rings. The molecule has 0 radical (unpaired) electrons. The van der Waals surface area contributed by atoms with Gasteiger partial charge in [0.15, 0.2) is 0 Å². The van der Waals surface area contributed by atoms with Crippen molar-refractivity contribution in [3.8, 4) is 0 Å². The summed E-state index contributed by atoms with van der Waals surface area (Å²) < 4.78 is 0. The minimum atomic E-state index is 0.256. The van der Waals surface area contributed by atoms with Crippen molar-refractivity contribution < 1.29 is 0 Å². The molecule has 2 nitrogen and oxygen atoms in total. The first-order chi connectivity index (χ1) is 5.69. The van der Waals surface area contributed by atoms with Crippen molar-refractivity contribution in [3.05, 3.63) is 0 Å². The minimum absolute atomic E-state index is 0.256. The summed E-state index contributed by atoms with van der Waals surface area (Å²) in [6, 6.07) is 0. The zero-order valence-corrected chi connectivity index (χ0v) is 10.1. The van der Waals surface area contributed by atoms with Gasteiger partial charge in [-0.1, -0.05) is 13.8 Å². The molecule has 0 unspecified atom stereocenters. The van der Waals surface area contributed by atoms with E-state index >= 15 is 0 Å². The van der Waals surface area contributed by atoms with E-state index in [1.165, 1.54) is 0 Å². The lowest BCUT2D eigenvalue weighted by atomic mass is 9.87. The van der Waals surface area contributed by atoms with Gasteiger partial charge in [0.05, 0.1) is 0 Å². The van der Waals surface area contributed by atoms with Crippen molar-refractivity contribution in [2.75, 3.05) is 20.1 Å². The fourth-order valence-corrected chi connectivity index (χ4v) is 1.35. The van der Waals surface area contributed by atoms with Crippen LogP contribution < -0.4 is 5.73 Å². The molecule has 0 spiro atoms. The Bertz CT molecular complexity index is 145. The molecule has 0 aromatic heterocycles. The van der Waals surface area contributed by atoms with Crippen LogP contribution in [0.1, 0.15) is 41.0 Å². The molecule has 0 aromatic carbocycles. The van der Waals surface area contributed by atoms with Gasteiger partial charge in [0.1, 0.15) is 0 Å². The summed E-state index contributed by atoms with van der Waals surface area (Å²) in [6.45, 7) is 13.2. The van der Waals surface area contributed by atoms with E-state index in [-0.39, 0.29) is 5.54 Å². The van der Waals surface area contributed by atoms with Gasteiger partial charge >= 0.3 is 0 Å². The van der Waals surface area contributed by atoms with Crippen molar-refractivity contribution in [1.82, 2.24) is 4.90 Å². The highest BCUT2D eigenvalue weighted by Crippen LogP contribution is 2.23. The van der Waals surface area contributed by atoms with E-state index in [1.807, 2.05) is 0 Å². The Morgan fingerprint density at radius 1 is 1.08 bits per heavy atom. The third-order valence-electron chi connectivity index (χ3n) is 2.63. The van der Waals surface area contributed by atoms with E-state index in [1.54, 1.807) is 0 Å². The van der Waals surface area contributed by atoms with Gasteiger partial charge in [0.25, 0.3) is 0 Å². The molecule has 0 atom stereocenters. The summed E-state index contributed by atoms with van der Waals surface area (Å²) in [5, 5.41) is 0. The van der Waals surface area contributed by atoms with Gasteiger partial charge in [-0.05, 0) is 46.2 Å². The Morgan fingerprint density at radius 2 is 1.54 bits per heavy atom. The molecular weight excluding hydrogens is 160 g/mol. The maximum Gasteiger partial charge on any atom is 0.0122 e. The third kappa shape index (κ3) is 5.27. The first-order valence-electron chi connectivity index (χ1n) is 5.10. The van der Waals surface area contributed by atoms with E-state index < -0.39 is 0 Å². The van der Waals surface area contributed by atoms with Crippen molar-refractivity contribution in [2.24, 2.45) is 11.1 Å². The largest absolute Gasteiger partial charge is 0.330 e. The summed E-state index contributed by atoms with van der Waals surface area (Å²) >= 11 is 0. The number of hydrogen-bond acceptors (Lipinski definition) is 2. The van der Waals surface area contributed by atoms with E-state index in [2.05, 4.69) is 46.6 Å². The predicted molar refractivity (Wildman–Crippen MR) is 59.8 cm³/mol. The molecule has 0 aromatic rings. The van der Waals surface area contributed by atoms with Crippen LogP contribution in [0.15, 0.2) is 0 Å². The molecule has 0 aliphatic heterocycles. The maximum absolute atomic E-state index is 5.58. The van der Waals surface area contributed by atoms with Gasteiger partial charge in [0, 0.05) is 12.1 Å². The highest BCUT2D eigenvalue weighted by atomic mass is 15.2. The standard InChI is InChI=1S/C11H26N2/c1-10(2,3)13(6)9-11(4,5)7-8-12/h7-9,12H2,1-6H3. The second-order valence-corrected chi connectivity index (χ2v) is 5.73. The number of nitrogens with two attached hydrogens (primary N) is 1. The molecule has 0 rings (SSSR count). The number of rotatable bonds is 4. The number of hydrogen-bond donors (Lipinski definition) is 1. The molecule has 0 saturated carbocycles. The summed E-state index contributed by atoms with van der Waals surface area (Å²) in [4.78, 5) is 2.39. The monoisotopic (exact) mass is 186 g/mol. The SMILES string of the molecule is CN(CC(C)(C)CCN)C(C)(C)C. The van der Waals surface area contributed by atoms with Gasteiger partial charge in [-0.3, -0.25) is 0 Å². The smallest absolute Gasteiger partial charge is 0.0122 e. The molecule has 0 bridgehead atoms. The molecular formula is C11H26N2. The Labute approximate surface area is 83.5 Å². The van der Waals surface area contributed by atoms with Crippen LogP contribution in [0, 0.1) is 5.41 Å². The lowest BCUT2D eigenvalue weighted by Gasteiger charge is -2.38. The predicted octanol–water partition coefficient (Wildman–Crippen LogP) is 2.09. The summed E-state index contributed by atoms with van der Waals surface area (Å²) in [6.07, 6.45) is 1.09. The fourth-order valence-electron chi connectivity index (χ4n) is 1.35. The van der Waals surface area contributed by atoms with Crippen LogP contribution in [0.3, 0.4) is 0 Å². The van der Waals surface area contributed by atoms with Gasteiger partial charge in [-0.2, -0.15) is 0 Å². The molecule has 0 aliphatic carbocycles. The van der Waals surface area contributed by atoms with Crippen LogP contribution in [-0.4, -0.2) is 30.6 Å². The first-order valence-corrected chi connectivity index (χ1v) is 5.10. The fraction of sp³-hybridized carbons (Fsp3) is 1.00. The maximum atomic E-state index is 5.58. The van der Waals surface area contributed by atoms with E-state index in [0.29, 0.717) is 5.41 Å². The summed E-state index contributed by atoms with van der Waals surface area (Å²) in [5.41, 5.74) is 6.17. The second kappa shape index (κ2) is 4.43. The van der Waals surface area contributed by atoms with Crippen LogP contribution in [0.2, 0.25) is 0 Å². The van der Waals surface area contributed by atoms with Crippen molar-refractivity contribution in [3.63, 3.8) is 0 Å². The molecule has 0 heterocycles. The van der Waals surface area contributed by atoms with Crippen LogP contribution in [-0.2, 0) is 0 Å². The summed E-state index contributed by atoms with van der Waals surface area (Å²) in [5.74, 6) is 0. The number of nitrogens with zero attached hydrogens (tertiary/aromatic N) is 1. The molecule has 0 fully saturated rings. The van der Waals surface area contributed by atoms with Gasteiger partial charge in [-0.15, -0.1) is 0 Å². The third-order valence-corrected chi connectivity index (χ3v) is 2.63. The van der Waals surface area contributed by atoms with E-state index in [0.717, 1.165) is 19.5 Å². The quantitative estimate of drug-likeness (QED) is 0.728. The molecule has 0 saturated heterocycles. The lowest BCUT2D eigenvalue weighted by molar-refractivity contribution is 0.111. The Hall–Kier alpha value is -0.0800. The van der Waals surface area contributed by atoms with Crippen LogP contribution in [0.5, 0.6) is 0 Å². The van der Waals surface area contributed by atoms with Crippen LogP contribution in [0.25, 0.3) is 0 Å². The normalized spacial score (nSPS) is 13.8. The second-order valence-electron chi connectivity index (χ2n) is 5.73. The molecule has 13 heavy (non-hydrogen) atoms. The minimum Gasteiger partial charge on any atom is -0.330 e. The molecule has 80 valence electrons. The first kappa shape index (κ1) is 12.9. The zero-order chi connectivity index (χ0) is 10.7. The van der Waals surface area contributed by atoms with E-state index in [9.17, 15) is 0 Å². The highest BCUT2D eigenvalue weighted by molar-refractivity contribution is 4.79. The molecule has 2 heteroatoms. The molecule has 0 amide bonds. The van der Waals surface area contributed by atoms with Crippen molar-refractivity contribution in [2.45, 2.75) is 46.6 Å². The van der Waals surface area contributed by atoms with Gasteiger partial charge < -0.3 is 10.6 Å². The van der Waals surface area contributed by atoms with Crippen LogP contribution >= 0.6 is 0 Å². The van der Waals surface area contributed by atoms with E-state index in [4.69, 9.17) is 5.73 Å². The highest BCUT2D eigenvalue weighted by Gasteiger charge is 2.25. The van der Waals surface area contributed by atoms with Gasteiger partial charge in [-0.25, -0.2) is 0 Å². The van der Waals surface area contributed by atoms with Crippen molar-refractivity contribution >= 4 is 0 Å². The summed E-state index contributed by atoms with van der Waals surface area (Å²) in [7, 11) is 2.18. The Balaban J connectivity index is 4.11. The average molecular weight is 186 g/mol. The Morgan fingerprint density at radius 3 is 1.85 bits per heavy atom. The van der Waals surface area contributed by atoms with Crippen molar-refractivity contribution in [1.29, 1.82) is 0 Å². The molecule has 2 N–H and O–H groups in total. The average Bonchev–Trinajstić information content (AvgIpc) is 1.83.